The van der Waals surface area contributed by atoms with Crippen LogP contribution in [0.5, 0.6) is 0 Å². The minimum atomic E-state index is -0.914. The topological polar surface area (TPSA) is 140 Å². The minimum absolute atomic E-state index is 0.105. The lowest BCUT2D eigenvalue weighted by molar-refractivity contribution is -0.139. The molecule has 0 saturated carbocycles. The highest BCUT2D eigenvalue weighted by molar-refractivity contribution is 5.69. The van der Waals surface area contributed by atoms with Gasteiger partial charge in [-0.3, -0.25) is 29.3 Å². The standard InChI is InChI=1S/C17H24N4O5.CH5N/c22-9-8-19-4-6-20(12-16(23)24)10-14-2-1-3-15(18-14)11-21(7-5-19)13-17(25)26;1-2/h1-3,9H,4-8,10-13H2,(H,23,24)(H,25,26);2H2,1H3. The molecule has 0 unspecified atom stereocenters. The first-order valence-electron chi connectivity index (χ1n) is 9.03. The number of aromatic nitrogens is 1. The summed E-state index contributed by atoms with van der Waals surface area (Å²) in [7, 11) is 1.50. The number of aldehydes is 1. The molecule has 4 N–H and O–H groups in total. The smallest absolute Gasteiger partial charge is 0.317 e. The van der Waals surface area contributed by atoms with Gasteiger partial charge < -0.3 is 20.7 Å². The number of carbonyl (C=O) groups excluding carboxylic acids is 1. The molecule has 2 bridgehead atoms. The molecular formula is C18H29N5O5. The molecule has 0 spiro atoms. The summed E-state index contributed by atoms with van der Waals surface area (Å²) in [5.41, 5.74) is 5.98. The molecule has 1 aromatic heterocycles. The number of carboxylic acid groups (broad SMARTS) is 2. The fourth-order valence-electron chi connectivity index (χ4n) is 2.94. The molecule has 0 fully saturated rings. The normalized spacial score (nSPS) is 16.8. The van der Waals surface area contributed by atoms with Gasteiger partial charge in [-0.1, -0.05) is 6.07 Å². The number of fused-ring (bicyclic) bond motifs is 2. The van der Waals surface area contributed by atoms with E-state index in [0.29, 0.717) is 39.3 Å². The maximum atomic E-state index is 11.1. The summed E-state index contributed by atoms with van der Waals surface area (Å²) in [6, 6.07) is 5.50. The molecule has 10 heteroatoms. The molecule has 0 saturated heterocycles. The molecule has 2 heterocycles. The van der Waals surface area contributed by atoms with Crippen LogP contribution in [0.4, 0.5) is 0 Å². The first-order chi connectivity index (χ1) is 13.5. The van der Waals surface area contributed by atoms with E-state index in [1.807, 2.05) is 23.1 Å². The highest BCUT2D eigenvalue weighted by Gasteiger charge is 2.18. The first kappa shape index (κ1) is 23.6. The second-order valence-corrected chi connectivity index (χ2v) is 6.30. The highest BCUT2D eigenvalue weighted by atomic mass is 16.4. The van der Waals surface area contributed by atoms with E-state index in [-0.39, 0.29) is 19.6 Å². The second-order valence-electron chi connectivity index (χ2n) is 6.30. The van der Waals surface area contributed by atoms with Gasteiger partial charge in [-0.15, -0.1) is 0 Å². The third-order valence-electron chi connectivity index (χ3n) is 4.15. The fourth-order valence-corrected chi connectivity index (χ4v) is 2.94. The molecule has 156 valence electrons. The average Bonchev–Trinajstić information content (AvgIpc) is 2.64. The van der Waals surface area contributed by atoms with Crippen LogP contribution in [0.25, 0.3) is 0 Å². The molecule has 10 nitrogen and oxygen atoms in total. The quantitative estimate of drug-likeness (QED) is 0.511. The van der Waals surface area contributed by atoms with Crippen molar-refractivity contribution >= 4 is 18.2 Å². The van der Waals surface area contributed by atoms with Gasteiger partial charge in [0.1, 0.15) is 6.29 Å². The number of hydrogen-bond acceptors (Lipinski definition) is 8. The summed E-state index contributed by atoms with van der Waals surface area (Å²) < 4.78 is 0. The zero-order chi connectivity index (χ0) is 20.9. The lowest BCUT2D eigenvalue weighted by Gasteiger charge is -2.29. The molecule has 0 radical (unpaired) electrons. The van der Waals surface area contributed by atoms with E-state index in [1.54, 1.807) is 9.80 Å². The molecule has 0 aromatic carbocycles. The van der Waals surface area contributed by atoms with Gasteiger partial charge in [-0.25, -0.2) is 0 Å². The van der Waals surface area contributed by atoms with Crippen LogP contribution in [0.15, 0.2) is 18.2 Å². The van der Waals surface area contributed by atoms with Crippen molar-refractivity contribution in [3.63, 3.8) is 0 Å². The van der Waals surface area contributed by atoms with E-state index in [1.165, 1.54) is 7.05 Å². The van der Waals surface area contributed by atoms with Gasteiger partial charge in [0.2, 0.25) is 0 Å². The van der Waals surface area contributed by atoms with Crippen LogP contribution in [0, 0.1) is 0 Å². The van der Waals surface area contributed by atoms with Crippen LogP contribution in [-0.4, -0.2) is 101 Å². The Labute approximate surface area is 164 Å². The van der Waals surface area contributed by atoms with E-state index in [4.69, 9.17) is 10.2 Å². The van der Waals surface area contributed by atoms with Crippen LogP contribution in [-0.2, 0) is 27.5 Å². The van der Waals surface area contributed by atoms with Gasteiger partial charge in [-0.2, -0.15) is 0 Å². The summed E-state index contributed by atoms with van der Waals surface area (Å²) in [5.74, 6) is -1.83. The third-order valence-corrected chi connectivity index (χ3v) is 4.15. The van der Waals surface area contributed by atoms with Crippen molar-refractivity contribution in [2.24, 2.45) is 5.73 Å². The molecule has 0 atom stereocenters. The van der Waals surface area contributed by atoms with Crippen LogP contribution in [0.1, 0.15) is 11.4 Å². The van der Waals surface area contributed by atoms with Crippen molar-refractivity contribution in [1.29, 1.82) is 0 Å². The molecule has 2 rings (SSSR count). The van der Waals surface area contributed by atoms with Crippen molar-refractivity contribution in [2.45, 2.75) is 13.1 Å². The number of nitrogens with zero attached hydrogens (tertiary/aromatic N) is 4. The predicted molar refractivity (Wildman–Crippen MR) is 103 cm³/mol. The maximum Gasteiger partial charge on any atom is 0.317 e. The van der Waals surface area contributed by atoms with Crippen LogP contribution >= 0.6 is 0 Å². The van der Waals surface area contributed by atoms with Gasteiger partial charge in [0.15, 0.2) is 0 Å². The SMILES string of the molecule is CN.O=CCN1CCN(CC(=O)O)Cc2cccc(n2)CN(CC(=O)O)CC1. The van der Waals surface area contributed by atoms with E-state index in [2.05, 4.69) is 10.7 Å². The van der Waals surface area contributed by atoms with Gasteiger partial charge in [-0.05, 0) is 19.2 Å². The molecule has 28 heavy (non-hydrogen) atoms. The summed E-state index contributed by atoms with van der Waals surface area (Å²) in [6.45, 7) is 2.78. The van der Waals surface area contributed by atoms with Crippen molar-refractivity contribution in [1.82, 2.24) is 19.7 Å². The molecular weight excluding hydrogens is 366 g/mol. The summed E-state index contributed by atoms with van der Waals surface area (Å²) in [4.78, 5) is 43.2. The Bertz CT molecular complexity index is 597. The van der Waals surface area contributed by atoms with E-state index < -0.39 is 11.9 Å². The zero-order valence-electron chi connectivity index (χ0n) is 16.2. The molecule has 1 aliphatic rings. The zero-order valence-corrected chi connectivity index (χ0v) is 16.2. The Morgan fingerprint density at radius 2 is 1.39 bits per heavy atom. The predicted octanol–water partition coefficient (Wildman–Crippen LogP) is -1.06. The Hall–Kier alpha value is -2.40. The van der Waals surface area contributed by atoms with Crippen molar-refractivity contribution in [3.05, 3.63) is 29.6 Å². The lowest BCUT2D eigenvalue weighted by Crippen LogP contribution is -2.43. The number of aliphatic carboxylic acids is 2. The Balaban J connectivity index is 0.00000190. The number of carbonyl (C=O) groups is 3. The number of pyridine rings is 1. The molecule has 1 aliphatic heterocycles. The highest BCUT2D eigenvalue weighted by Crippen LogP contribution is 2.09. The Morgan fingerprint density at radius 3 is 1.79 bits per heavy atom. The minimum Gasteiger partial charge on any atom is -0.480 e. The second kappa shape index (κ2) is 12.9. The van der Waals surface area contributed by atoms with Crippen molar-refractivity contribution < 1.29 is 24.6 Å². The number of hydrogen-bond donors (Lipinski definition) is 3. The van der Waals surface area contributed by atoms with Gasteiger partial charge in [0, 0.05) is 39.3 Å². The maximum absolute atomic E-state index is 11.1. The van der Waals surface area contributed by atoms with Crippen molar-refractivity contribution in [3.8, 4) is 0 Å². The number of rotatable bonds is 6. The first-order valence-corrected chi connectivity index (χ1v) is 9.03. The monoisotopic (exact) mass is 395 g/mol. The summed E-state index contributed by atoms with van der Waals surface area (Å²) >= 11 is 0. The van der Waals surface area contributed by atoms with E-state index in [0.717, 1.165) is 17.7 Å². The molecule has 1 aromatic rings. The molecule has 0 amide bonds. The van der Waals surface area contributed by atoms with E-state index in [9.17, 15) is 14.4 Å². The van der Waals surface area contributed by atoms with Crippen LogP contribution < -0.4 is 5.73 Å². The lowest BCUT2D eigenvalue weighted by atomic mass is 10.2. The number of nitrogens with two attached hydrogens (primary N) is 1. The average molecular weight is 395 g/mol. The number of carboxylic acids is 2. The summed E-state index contributed by atoms with van der Waals surface area (Å²) in [6.07, 6.45) is 0.805. The van der Waals surface area contributed by atoms with Gasteiger partial charge >= 0.3 is 11.9 Å². The summed E-state index contributed by atoms with van der Waals surface area (Å²) in [5, 5.41) is 18.2. The Morgan fingerprint density at radius 1 is 0.964 bits per heavy atom. The van der Waals surface area contributed by atoms with Crippen LogP contribution in [0.3, 0.4) is 0 Å². The van der Waals surface area contributed by atoms with Crippen LogP contribution in [0.2, 0.25) is 0 Å². The molecule has 0 aliphatic carbocycles. The third kappa shape index (κ3) is 9.00. The van der Waals surface area contributed by atoms with Gasteiger partial charge in [0.05, 0.1) is 31.0 Å². The Kier molecular flexibility index (Phi) is 10.9. The fraction of sp³-hybridized carbons (Fsp3) is 0.556. The van der Waals surface area contributed by atoms with Crippen molar-refractivity contribution in [2.75, 3.05) is 52.9 Å². The van der Waals surface area contributed by atoms with E-state index >= 15 is 0 Å². The largest absolute Gasteiger partial charge is 0.480 e. The van der Waals surface area contributed by atoms with Gasteiger partial charge in [0.25, 0.3) is 0 Å².